The number of hydrogen-bond acceptors (Lipinski definition) is 6. The lowest BCUT2D eigenvalue weighted by Crippen LogP contribution is -2.41. The number of likely N-dealkylation sites (tertiary alicyclic amines) is 1. The van der Waals surface area contributed by atoms with E-state index >= 15 is 0 Å². The van der Waals surface area contributed by atoms with Crippen molar-refractivity contribution in [2.45, 2.75) is 18.8 Å². The highest BCUT2D eigenvalue weighted by Crippen LogP contribution is 2.29. The van der Waals surface area contributed by atoms with Gasteiger partial charge in [-0.05, 0) is 43.2 Å². The molecule has 1 saturated heterocycles. The Kier molecular flexibility index (Phi) is 6.47. The molecule has 3 aromatic rings. The Hall–Kier alpha value is -3.39. The lowest BCUT2D eigenvalue weighted by atomic mass is 9.96. The Morgan fingerprint density at radius 1 is 1.26 bits per heavy atom. The average molecular weight is 421 g/mol. The summed E-state index contributed by atoms with van der Waals surface area (Å²) in [6, 6.07) is 11.8. The average Bonchev–Trinajstić information content (AvgIpc) is 2.80. The van der Waals surface area contributed by atoms with Crippen molar-refractivity contribution in [2.75, 3.05) is 32.1 Å². The van der Waals surface area contributed by atoms with E-state index in [0.717, 1.165) is 24.1 Å². The molecule has 4 rings (SSSR count). The number of rotatable bonds is 6. The van der Waals surface area contributed by atoms with E-state index in [9.17, 15) is 9.18 Å². The minimum absolute atomic E-state index is 0.000706. The Morgan fingerprint density at radius 2 is 2.16 bits per heavy atom. The van der Waals surface area contributed by atoms with Crippen LogP contribution in [0.5, 0.6) is 0 Å². The summed E-state index contributed by atoms with van der Waals surface area (Å²) in [5.74, 6) is 0.851. The molecule has 8 heteroatoms. The first-order chi connectivity index (χ1) is 15.1. The van der Waals surface area contributed by atoms with E-state index in [1.807, 2.05) is 18.2 Å². The van der Waals surface area contributed by atoms with E-state index < -0.39 is 0 Å². The van der Waals surface area contributed by atoms with Crippen molar-refractivity contribution in [3.63, 3.8) is 0 Å². The quantitative estimate of drug-likeness (QED) is 0.653. The first-order valence-corrected chi connectivity index (χ1v) is 10.2. The van der Waals surface area contributed by atoms with Gasteiger partial charge in [-0.1, -0.05) is 6.07 Å². The fourth-order valence-corrected chi connectivity index (χ4v) is 3.72. The number of nitrogens with zero attached hydrogens (tertiary/aromatic N) is 4. The largest absolute Gasteiger partial charge is 0.375 e. The predicted molar refractivity (Wildman–Crippen MR) is 115 cm³/mol. The van der Waals surface area contributed by atoms with Gasteiger partial charge >= 0.3 is 0 Å². The van der Waals surface area contributed by atoms with Crippen LogP contribution in [-0.2, 0) is 9.53 Å². The van der Waals surface area contributed by atoms with Crippen LogP contribution in [-0.4, -0.2) is 52.6 Å². The molecule has 1 N–H and O–H groups in total. The smallest absolute Gasteiger partial charge is 0.248 e. The number of carbonyl (C=O) groups is 1. The lowest BCUT2D eigenvalue weighted by molar-refractivity contribution is -0.136. The van der Waals surface area contributed by atoms with Crippen molar-refractivity contribution in [2.24, 2.45) is 0 Å². The van der Waals surface area contributed by atoms with Crippen molar-refractivity contribution < 1.29 is 13.9 Å². The van der Waals surface area contributed by atoms with Gasteiger partial charge in [-0.15, -0.1) is 0 Å². The second-order valence-corrected chi connectivity index (χ2v) is 7.49. The van der Waals surface area contributed by atoms with Gasteiger partial charge < -0.3 is 15.0 Å². The maximum atomic E-state index is 13.6. The van der Waals surface area contributed by atoms with E-state index in [1.54, 1.807) is 29.4 Å². The highest BCUT2D eigenvalue weighted by Gasteiger charge is 2.27. The summed E-state index contributed by atoms with van der Waals surface area (Å²) in [5.41, 5.74) is 2.18. The molecule has 1 aromatic carbocycles. The molecular formula is C23H24FN5O2. The topological polar surface area (TPSA) is 80.2 Å². The third-order valence-corrected chi connectivity index (χ3v) is 5.20. The Morgan fingerprint density at radius 3 is 2.94 bits per heavy atom. The molecular weight excluding hydrogens is 397 g/mol. The van der Waals surface area contributed by atoms with Crippen LogP contribution in [0.1, 0.15) is 24.6 Å². The van der Waals surface area contributed by atoms with E-state index in [2.05, 4.69) is 10.3 Å². The van der Waals surface area contributed by atoms with Crippen molar-refractivity contribution in [1.29, 1.82) is 0 Å². The van der Waals surface area contributed by atoms with Crippen molar-refractivity contribution >= 4 is 17.4 Å². The maximum Gasteiger partial charge on any atom is 0.248 e. The first kappa shape index (κ1) is 20.9. The summed E-state index contributed by atoms with van der Waals surface area (Å²) in [7, 11) is 1.52. The van der Waals surface area contributed by atoms with Gasteiger partial charge in [-0.3, -0.25) is 9.78 Å². The summed E-state index contributed by atoms with van der Waals surface area (Å²) in [6.07, 6.45) is 5.20. The van der Waals surface area contributed by atoms with Gasteiger partial charge in [0.05, 0.1) is 5.69 Å². The number of piperidine rings is 1. The molecule has 0 radical (unpaired) electrons. The zero-order valence-electron chi connectivity index (χ0n) is 17.3. The molecule has 160 valence electrons. The number of methoxy groups -OCH3 is 1. The highest BCUT2D eigenvalue weighted by molar-refractivity contribution is 5.77. The second-order valence-electron chi connectivity index (χ2n) is 7.49. The first-order valence-electron chi connectivity index (χ1n) is 10.2. The Balaban J connectivity index is 1.67. The van der Waals surface area contributed by atoms with Gasteiger partial charge in [0.15, 0.2) is 0 Å². The number of carbonyl (C=O) groups excluding carboxylic acids is 1. The summed E-state index contributed by atoms with van der Waals surface area (Å²) < 4.78 is 18.6. The van der Waals surface area contributed by atoms with Crippen LogP contribution in [0.3, 0.4) is 0 Å². The van der Waals surface area contributed by atoms with Gasteiger partial charge in [0.1, 0.15) is 24.1 Å². The number of ether oxygens (including phenoxy) is 1. The fourth-order valence-electron chi connectivity index (χ4n) is 3.72. The third kappa shape index (κ3) is 5.21. The molecule has 2 aromatic heterocycles. The van der Waals surface area contributed by atoms with E-state index in [4.69, 9.17) is 14.7 Å². The zero-order chi connectivity index (χ0) is 21.6. The van der Waals surface area contributed by atoms with Crippen molar-refractivity contribution in [3.8, 4) is 11.3 Å². The number of halogens is 1. The molecule has 0 bridgehead atoms. The molecule has 3 heterocycles. The molecule has 31 heavy (non-hydrogen) atoms. The van der Waals surface area contributed by atoms with Gasteiger partial charge in [0.2, 0.25) is 5.91 Å². The minimum atomic E-state index is -0.327. The molecule has 1 unspecified atom stereocenters. The fraction of sp³-hybridized carbons (Fsp3) is 0.304. The highest BCUT2D eigenvalue weighted by atomic mass is 19.1. The van der Waals surface area contributed by atoms with Crippen LogP contribution in [0.25, 0.3) is 11.3 Å². The van der Waals surface area contributed by atoms with Gasteiger partial charge in [-0.25, -0.2) is 14.4 Å². The molecule has 1 aliphatic rings. The van der Waals surface area contributed by atoms with Crippen molar-refractivity contribution in [3.05, 3.63) is 66.5 Å². The number of nitrogens with one attached hydrogen (secondary N) is 1. The molecule has 1 atom stereocenters. The number of amides is 1. The van der Waals surface area contributed by atoms with E-state index in [1.165, 1.54) is 19.2 Å². The number of pyridine rings is 1. The molecule has 1 amide bonds. The molecule has 0 spiro atoms. The summed E-state index contributed by atoms with van der Waals surface area (Å²) in [4.78, 5) is 27.8. The molecule has 0 saturated carbocycles. The number of benzene rings is 1. The van der Waals surface area contributed by atoms with Crippen LogP contribution in [0.15, 0.2) is 54.9 Å². The standard InChI is InChI=1S/C23H24FN5O2/c1-31-15-22(30)29-10-4-6-17(14-29)23-27-20(16-5-3-9-25-13-16)12-21(28-23)26-19-8-2-7-18(24)11-19/h2-3,5,7-9,11-13,17H,4,6,10,14-15H2,1H3,(H,26,27,28). The zero-order valence-corrected chi connectivity index (χ0v) is 17.3. The molecule has 7 nitrogen and oxygen atoms in total. The normalized spacial score (nSPS) is 16.2. The number of anilines is 2. The van der Waals surface area contributed by atoms with Gasteiger partial charge in [-0.2, -0.15) is 0 Å². The van der Waals surface area contributed by atoms with Crippen LogP contribution < -0.4 is 5.32 Å². The van der Waals surface area contributed by atoms with Crippen molar-refractivity contribution in [1.82, 2.24) is 19.9 Å². The van der Waals surface area contributed by atoms with Crippen LogP contribution in [0.4, 0.5) is 15.9 Å². The van der Waals surface area contributed by atoms with Crippen LogP contribution in [0, 0.1) is 5.82 Å². The molecule has 1 fully saturated rings. The predicted octanol–water partition coefficient (Wildman–Crippen LogP) is 3.77. The van der Waals surface area contributed by atoms with Gasteiger partial charge in [0.25, 0.3) is 0 Å². The summed E-state index contributed by atoms with van der Waals surface area (Å²) in [6.45, 7) is 1.31. The third-order valence-electron chi connectivity index (χ3n) is 5.20. The number of hydrogen-bond donors (Lipinski definition) is 1. The van der Waals surface area contributed by atoms with Crippen LogP contribution >= 0.6 is 0 Å². The monoisotopic (exact) mass is 421 g/mol. The second kappa shape index (κ2) is 9.61. The van der Waals surface area contributed by atoms with E-state index in [0.29, 0.717) is 30.4 Å². The van der Waals surface area contributed by atoms with E-state index in [-0.39, 0.29) is 24.2 Å². The summed E-state index contributed by atoms with van der Waals surface area (Å²) in [5, 5.41) is 3.18. The lowest BCUT2D eigenvalue weighted by Gasteiger charge is -2.32. The molecule has 1 aliphatic heterocycles. The maximum absolute atomic E-state index is 13.6. The van der Waals surface area contributed by atoms with Gasteiger partial charge in [0, 0.05) is 55.8 Å². The Labute approximate surface area is 180 Å². The Bertz CT molecular complexity index is 1050. The minimum Gasteiger partial charge on any atom is -0.375 e. The molecule has 0 aliphatic carbocycles. The summed E-state index contributed by atoms with van der Waals surface area (Å²) >= 11 is 0. The SMILES string of the molecule is COCC(=O)N1CCCC(c2nc(Nc3cccc(F)c3)cc(-c3cccnc3)n2)C1. The van der Waals surface area contributed by atoms with Crippen LogP contribution in [0.2, 0.25) is 0 Å². The number of aromatic nitrogens is 3.